The number of sulfone groups is 1. The number of thiophene rings is 1. The molecule has 1 aromatic heterocycles. The Hall–Kier alpha value is -0.480. The molecule has 9 heteroatoms. The van der Waals surface area contributed by atoms with Gasteiger partial charge >= 0.3 is 0 Å². The standard InChI is InChI=1S/C11H18N2O4S3/c1-2-12(10-11-4-3-7-18-11)20(16,17)13-5-8-19(14,15)9-6-13/h3-4,7H,2,5-6,8-10H2,1H3. The molecule has 20 heavy (non-hydrogen) atoms. The Kier molecular flexibility index (Phi) is 4.85. The summed E-state index contributed by atoms with van der Waals surface area (Å²) in [6, 6.07) is 3.78. The van der Waals surface area contributed by atoms with E-state index in [1.165, 1.54) is 19.9 Å². The van der Waals surface area contributed by atoms with E-state index >= 15 is 0 Å². The Balaban J connectivity index is 2.11. The SMILES string of the molecule is CCN(Cc1cccs1)S(=O)(=O)N1CCS(=O)(=O)CC1. The summed E-state index contributed by atoms with van der Waals surface area (Å²) in [5.41, 5.74) is 0. The summed E-state index contributed by atoms with van der Waals surface area (Å²) in [6.45, 7) is 2.58. The van der Waals surface area contributed by atoms with E-state index in [1.807, 2.05) is 17.5 Å². The average Bonchev–Trinajstić information content (AvgIpc) is 2.88. The number of hydrogen-bond donors (Lipinski definition) is 0. The van der Waals surface area contributed by atoms with Gasteiger partial charge in [-0.25, -0.2) is 8.42 Å². The molecule has 0 aliphatic carbocycles. The van der Waals surface area contributed by atoms with Crippen LogP contribution in [0.2, 0.25) is 0 Å². The molecule has 1 aliphatic heterocycles. The number of hydrogen-bond acceptors (Lipinski definition) is 5. The van der Waals surface area contributed by atoms with E-state index < -0.39 is 20.0 Å². The minimum Gasteiger partial charge on any atom is -0.229 e. The average molecular weight is 338 g/mol. The maximum atomic E-state index is 12.5. The van der Waals surface area contributed by atoms with Crippen molar-refractivity contribution < 1.29 is 16.8 Å². The molecule has 0 amide bonds. The van der Waals surface area contributed by atoms with Crippen LogP contribution in [0, 0.1) is 0 Å². The predicted molar refractivity (Wildman–Crippen MR) is 79.5 cm³/mol. The first-order valence-corrected chi connectivity index (χ1v) is 10.4. The zero-order chi connectivity index (χ0) is 14.8. The van der Waals surface area contributed by atoms with Crippen molar-refractivity contribution in [1.29, 1.82) is 0 Å². The molecule has 1 saturated heterocycles. The van der Waals surface area contributed by atoms with Crippen LogP contribution in [0.1, 0.15) is 11.8 Å². The van der Waals surface area contributed by atoms with Crippen molar-refractivity contribution in [1.82, 2.24) is 8.61 Å². The summed E-state index contributed by atoms with van der Waals surface area (Å²) < 4.78 is 50.5. The minimum atomic E-state index is -3.59. The third kappa shape index (κ3) is 3.59. The molecule has 0 atom stereocenters. The van der Waals surface area contributed by atoms with Crippen LogP contribution in [0.15, 0.2) is 17.5 Å². The molecule has 1 fully saturated rings. The van der Waals surface area contributed by atoms with E-state index in [-0.39, 0.29) is 24.6 Å². The van der Waals surface area contributed by atoms with E-state index in [0.29, 0.717) is 13.1 Å². The molecular formula is C11H18N2O4S3. The molecule has 0 unspecified atom stereocenters. The van der Waals surface area contributed by atoms with Crippen LogP contribution in [-0.2, 0) is 26.6 Å². The Morgan fingerprint density at radius 3 is 2.50 bits per heavy atom. The number of nitrogens with zero attached hydrogens (tertiary/aromatic N) is 2. The minimum absolute atomic E-state index is 0.0472. The lowest BCUT2D eigenvalue weighted by molar-refractivity contribution is 0.350. The highest BCUT2D eigenvalue weighted by Crippen LogP contribution is 2.18. The molecule has 1 aromatic rings. The highest BCUT2D eigenvalue weighted by atomic mass is 32.2. The molecular weight excluding hydrogens is 320 g/mol. The maximum absolute atomic E-state index is 12.5. The molecule has 0 aromatic carbocycles. The van der Waals surface area contributed by atoms with Gasteiger partial charge in [-0.3, -0.25) is 0 Å². The quantitative estimate of drug-likeness (QED) is 0.785. The molecule has 0 spiro atoms. The first-order chi connectivity index (χ1) is 9.35. The van der Waals surface area contributed by atoms with Crippen molar-refractivity contribution in [2.75, 3.05) is 31.1 Å². The topological polar surface area (TPSA) is 74.8 Å². The molecule has 6 nitrogen and oxygen atoms in total. The zero-order valence-corrected chi connectivity index (χ0v) is 13.7. The van der Waals surface area contributed by atoms with Crippen LogP contribution in [-0.4, -0.2) is 56.6 Å². The van der Waals surface area contributed by atoms with Gasteiger partial charge in [0.05, 0.1) is 11.5 Å². The van der Waals surface area contributed by atoms with Gasteiger partial charge in [-0.2, -0.15) is 17.0 Å². The van der Waals surface area contributed by atoms with Crippen molar-refractivity contribution in [2.45, 2.75) is 13.5 Å². The fraction of sp³-hybridized carbons (Fsp3) is 0.636. The van der Waals surface area contributed by atoms with Gasteiger partial charge < -0.3 is 0 Å². The van der Waals surface area contributed by atoms with Crippen LogP contribution < -0.4 is 0 Å². The van der Waals surface area contributed by atoms with Gasteiger partial charge in [0, 0.05) is 31.1 Å². The van der Waals surface area contributed by atoms with Crippen LogP contribution in [0.25, 0.3) is 0 Å². The fourth-order valence-electron chi connectivity index (χ4n) is 2.02. The van der Waals surface area contributed by atoms with Gasteiger partial charge in [-0.15, -0.1) is 11.3 Å². The predicted octanol–water partition coefficient (Wildman–Crippen LogP) is 0.545. The van der Waals surface area contributed by atoms with Gasteiger partial charge in [-0.05, 0) is 11.4 Å². The summed E-state index contributed by atoms with van der Waals surface area (Å²) in [5.74, 6) is -0.189. The summed E-state index contributed by atoms with van der Waals surface area (Å²) in [7, 11) is -6.67. The van der Waals surface area contributed by atoms with Crippen LogP contribution >= 0.6 is 11.3 Å². The molecule has 114 valence electrons. The second-order valence-electron chi connectivity index (χ2n) is 4.56. The fourth-order valence-corrected chi connectivity index (χ4v) is 5.86. The van der Waals surface area contributed by atoms with Crippen LogP contribution in [0.4, 0.5) is 0 Å². The molecule has 2 rings (SSSR count). The van der Waals surface area contributed by atoms with E-state index in [9.17, 15) is 16.8 Å². The maximum Gasteiger partial charge on any atom is 0.282 e. The summed E-state index contributed by atoms with van der Waals surface area (Å²) in [6.07, 6.45) is 0. The first-order valence-electron chi connectivity index (χ1n) is 6.33. The largest absolute Gasteiger partial charge is 0.282 e. The number of rotatable bonds is 5. The van der Waals surface area contributed by atoms with E-state index in [4.69, 9.17) is 0 Å². The van der Waals surface area contributed by atoms with Gasteiger partial charge in [0.1, 0.15) is 0 Å². The van der Waals surface area contributed by atoms with Crippen LogP contribution in [0.5, 0.6) is 0 Å². The van der Waals surface area contributed by atoms with E-state index in [0.717, 1.165) is 4.88 Å². The monoisotopic (exact) mass is 338 g/mol. The van der Waals surface area contributed by atoms with E-state index in [1.54, 1.807) is 6.92 Å². The molecule has 0 N–H and O–H groups in total. The molecule has 1 aliphatic rings. The summed E-state index contributed by atoms with van der Waals surface area (Å²) in [4.78, 5) is 0.972. The van der Waals surface area contributed by atoms with Crippen molar-refractivity contribution in [3.8, 4) is 0 Å². The van der Waals surface area contributed by atoms with Crippen molar-refractivity contribution in [2.24, 2.45) is 0 Å². The highest BCUT2D eigenvalue weighted by Gasteiger charge is 2.33. The van der Waals surface area contributed by atoms with Crippen molar-refractivity contribution in [3.63, 3.8) is 0 Å². The van der Waals surface area contributed by atoms with Crippen molar-refractivity contribution >= 4 is 31.4 Å². The Labute approximate surface area is 124 Å². The second kappa shape index (κ2) is 6.10. The lowest BCUT2D eigenvalue weighted by Gasteiger charge is -2.31. The van der Waals surface area contributed by atoms with E-state index in [2.05, 4.69) is 0 Å². The van der Waals surface area contributed by atoms with Crippen LogP contribution in [0.3, 0.4) is 0 Å². The second-order valence-corrected chi connectivity index (χ2v) is 9.83. The molecule has 0 bridgehead atoms. The highest BCUT2D eigenvalue weighted by molar-refractivity contribution is 7.91. The summed E-state index contributed by atoms with van der Waals surface area (Å²) >= 11 is 1.51. The Morgan fingerprint density at radius 2 is 2.00 bits per heavy atom. The van der Waals surface area contributed by atoms with Gasteiger partial charge in [0.2, 0.25) is 0 Å². The molecule has 0 saturated carbocycles. The third-order valence-electron chi connectivity index (χ3n) is 3.22. The smallest absolute Gasteiger partial charge is 0.229 e. The van der Waals surface area contributed by atoms with Gasteiger partial charge in [-0.1, -0.05) is 13.0 Å². The Bertz CT molecular complexity index is 623. The first kappa shape index (κ1) is 15.9. The van der Waals surface area contributed by atoms with Gasteiger partial charge in [0.25, 0.3) is 10.2 Å². The zero-order valence-electron chi connectivity index (χ0n) is 11.2. The lowest BCUT2D eigenvalue weighted by Crippen LogP contribution is -2.49. The van der Waals surface area contributed by atoms with Crippen molar-refractivity contribution in [3.05, 3.63) is 22.4 Å². The lowest BCUT2D eigenvalue weighted by atomic mass is 10.4. The molecule has 0 radical (unpaired) electrons. The van der Waals surface area contributed by atoms with Gasteiger partial charge in [0.15, 0.2) is 9.84 Å². The molecule has 2 heterocycles. The Morgan fingerprint density at radius 1 is 1.35 bits per heavy atom. The third-order valence-corrected chi connectivity index (χ3v) is 7.75. The normalized spacial score (nSPS) is 20.3. The summed E-state index contributed by atoms with van der Waals surface area (Å²) in [5, 5.41) is 1.91.